The molecule has 0 aliphatic rings. The van der Waals surface area contributed by atoms with Crippen molar-refractivity contribution in [1.82, 2.24) is 0 Å². The molecule has 0 bridgehead atoms. The molecule has 2 rings (SSSR count). The Morgan fingerprint density at radius 3 is 1.57 bits per heavy atom. The number of thioether (sulfide) groups is 2. The lowest BCUT2D eigenvalue weighted by Gasteiger charge is -2.07. The summed E-state index contributed by atoms with van der Waals surface area (Å²) in [5, 5.41) is 0. The minimum absolute atomic E-state index is 0.760. The number of benzene rings is 2. The molecule has 2 aromatic rings. The van der Waals surface area contributed by atoms with Crippen LogP contribution >= 0.6 is 48.8 Å². The summed E-state index contributed by atoms with van der Waals surface area (Å²) in [7, 11) is 0. The van der Waals surface area contributed by atoms with Gasteiger partial charge in [-0.25, -0.2) is 0 Å². The van der Waals surface area contributed by atoms with E-state index in [1.807, 2.05) is 36.4 Å². The number of ether oxygens (including phenoxy) is 1. The van der Waals surface area contributed by atoms with Crippen molar-refractivity contribution >= 4 is 48.8 Å². The number of hydrogen-bond acceptors (Lipinski definition) is 5. The van der Waals surface area contributed by atoms with Gasteiger partial charge in [-0.2, -0.15) is 0 Å². The van der Waals surface area contributed by atoms with Crippen LogP contribution in [-0.4, -0.2) is 24.7 Å². The molecule has 2 aromatic carbocycles. The van der Waals surface area contributed by atoms with Crippen molar-refractivity contribution in [2.75, 3.05) is 24.7 Å². The Bertz CT molecular complexity index is 510. The third-order valence-corrected chi connectivity index (χ3v) is 5.86. The molecule has 0 N–H and O–H groups in total. The van der Waals surface area contributed by atoms with Gasteiger partial charge in [-0.3, -0.25) is 0 Å². The molecule has 0 amide bonds. The maximum Gasteiger partial charge on any atom is 0.0560 e. The second-order valence-electron chi connectivity index (χ2n) is 4.24. The van der Waals surface area contributed by atoms with Crippen molar-refractivity contribution in [3.05, 3.63) is 48.5 Å². The van der Waals surface area contributed by atoms with E-state index < -0.39 is 0 Å². The second kappa shape index (κ2) is 9.74. The van der Waals surface area contributed by atoms with E-state index in [-0.39, 0.29) is 0 Å². The van der Waals surface area contributed by atoms with Crippen LogP contribution in [0.15, 0.2) is 68.1 Å². The summed E-state index contributed by atoms with van der Waals surface area (Å²) in [5.41, 5.74) is 0. The van der Waals surface area contributed by atoms with Gasteiger partial charge >= 0.3 is 0 Å². The Labute approximate surface area is 146 Å². The van der Waals surface area contributed by atoms with Gasteiger partial charge in [0.05, 0.1) is 13.2 Å². The lowest BCUT2D eigenvalue weighted by Crippen LogP contribution is -2.01. The molecule has 0 aromatic heterocycles. The van der Waals surface area contributed by atoms with Gasteiger partial charge in [-0.1, -0.05) is 24.3 Å². The van der Waals surface area contributed by atoms with Crippen LogP contribution in [0.3, 0.4) is 0 Å². The predicted octanol–water partition coefficient (Wildman–Crippen LogP) is 5.17. The van der Waals surface area contributed by atoms with Crippen molar-refractivity contribution in [1.29, 1.82) is 0 Å². The highest BCUT2D eigenvalue weighted by molar-refractivity contribution is 8.00. The fraction of sp³-hybridized carbons (Fsp3) is 0.250. The standard InChI is InChI=1S/C16H18OS4/c18-13-5-1-3-7-15(13)20-11-9-17-10-12-21-16-8-4-2-6-14(16)19/h1-8,18-19H,9-12H2. The van der Waals surface area contributed by atoms with Crippen LogP contribution in [0.5, 0.6) is 0 Å². The van der Waals surface area contributed by atoms with E-state index in [9.17, 15) is 0 Å². The van der Waals surface area contributed by atoms with Crippen LogP contribution < -0.4 is 0 Å². The van der Waals surface area contributed by atoms with Crippen LogP contribution in [0.1, 0.15) is 0 Å². The molecule has 0 aliphatic carbocycles. The molecular formula is C16H18OS4. The van der Waals surface area contributed by atoms with Crippen LogP contribution in [-0.2, 0) is 4.74 Å². The zero-order valence-electron chi connectivity index (χ0n) is 11.6. The predicted molar refractivity (Wildman–Crippen MR) is 99.7 cm³/mol. The van der Waals surface area contributed by atoms with Crippen molar-refractivity contribution in [3.8, 4) is 0 Å². The minimum Gasteiger partial charge on any atom is -0.380 e. The molecule has 0 spiro atoms. The summed E-state index contributed by atoms with van der Waals surface area (Å²) in [5.74, 6) is 1.90. The van der Waals surface area contributed by atoms with E-state index in [2.05, 4.69) is 37.4 Å². The number of thiol groups is 2. The molecule has 0 fully saturated rings. The highest BCUT2D eigenvalue weighted by atomic mass is 32.2. The quantitative estimate of drug-likeness (QED) is 0.385. The molecule has 0 heterocycles. The van der Waals surface area contributed by atoms with Crippen LogP contribution in [0.2, 0.25) is 0 Å². The van der Waals surface area contributed by atoms with Crippen molar-refractivity contribution < 1.29 is 4.74 Å². The van der Waals surface area contributed by atoms with Crippen molar-refractivity contribution in [2.24, 2.45) is 0 Å². The maximum atomic E-state index is 5.67. The van der Waals surface area contributed by atoms with E-state index in [0.717, 1.165) is 34.5 Å². The normalized spacial score (nSPS) is 10.8. The molecular weight excluding hydrogens is 336 g/mol. The van der Waals surface area contributed by atoms with Crippen molar-refractivity contribution in [2.45, 2.75) is 19.6 Å². The van der Waals surface area contributed by atoms with Crippen LogP contribution in [0.25, 0.3) is 0 Å². The smallest absolute Gasteiger partial charge is 0.0560 e. The Morgan fingerprint density at radius 2 is 1.14 bits per heavy atom. The molecule has 5 heteroatoms. The van der Waals surface area contributed by atoms with Gasteiger partial charge in [0.1, 0.15) is 0 Å². The lowest BCUT2D eigenvalue weighted by molar-refractivity contribution is 0.167. The molecule has 1 nitrogen and oxygen atoms in total. The summed E-state index contributed by atoms with van der Waals surface area (Å²) in [6, 6.07) is 16.3. The van der Waals surface area contributed by atoms with E-state index in [0.29, 0.717) is 0 Å². The highest BCUT2D eigenvalue weighted by Crippen LogP contribution is 2.26. The summed E-state index contributed by atoms with van der Waals surface area (Å²) >= 11 is 12.4. The molecule has 112 valence electrons. The van der Waals surface area contributed by atoms with Gasteiger partial charge < -0.3 is 4.74 Å². The topological polar surface area (TPSA) is 9.23 Å². The SMILES string of the molecule is Sc1ccccc1SCCOCCSc1ccccc1S. The van der Waals surface area contributed by atoms with Gasteiger partial charge in [0.15, 0.2) is 0 Å². The molecule has 0 saturated carbocycles. The zero-order valence-corrected chi connectivity index (χ0v) is 15.0. The first-order valence-electron chi connectivity index (χ1n) is 6.66. The summed E-state index contributed by atoms with van der Waals surface area (Å²) < 4.78 is 5.67. The van der Waals surface area contributed by atoms with E-state index in [1.54, 1.807) is 23.5 Å². The fourth-order valence-corrected chi connectivity index (χ4v) is 4.01. The van der Waals surface area contributed by atoms with E-state index >= 15 is 0 Å². The first kappa shape index (κ1) is 17.2. The number of hydrogen-bond donors (Lipinski definition) is 2. The third-order valence-electron chi connectivity index (χ3n) is 2.70. The molecule has 0 aliphatic heterocycles. The maximum absolute atomic E-state index is 5.67. The first-order chi connectivity index (χ1) is 10.3. The zero-order chi connectivity index (χ0) is 14.9. The largest absolute Gasteiger partial charge is 0.380 e. The third kappa shape index (κ3) is 6.20. The van der Waals surface area contributed by atoms with Crippen molar-refractivity contribution in [3.63, 3.8) is 0 Å². The average Bonchev–Trinajstić information content (AvgIpc) is 2.50. The van der Waals surface area contributed by atoms with Crippen LogP contribution in [0.4, 0.5) is 0 Å². The molecule has 0 saturated heterocycles. The summed E-state index contributed by atoms with van der Waals surface area (Å²) in [6.45, 7) is 1.52. The second-order valence-corrected chi connectivity index (χ2v) is 7.48. The minimum atomic E-state index is 0.760. The monoisotopic (exact) mass is 354 g/mol. The first-order valence-corrected chi connectivity index (χ1v) is 9.53. The van der Waals surface area contributed by atoms with E-state index in [4.69, 9.17) is 4.74 Å². The molecule has 0 radical (unpaired) electrons. The van der Waals surface area contributed by atoms with E-state index in [1.165, 1.54) is 9.79 Å². The average molecular weight is 355 g/mol. The Kier molecular flexibility index (Phi) is 7.96. The summed E-state index contributed by atoms with van der Waals surface area (Å²) in [4.78, 5) is 4.48. The Hall–Kier alpha value is -0.200. The van der Waals surface area contributed by atoms with Crippen LogP contribution in [0, 0.1) is 0 Å². The fourth-order valence-electron chi connectivity index (χ4n) is 1.68. The van der Waals surface area contributed by atoms with Gasteiger partial charge in [0.25, 0.3) is 0 Å². The Balaban J connectivity index is 1.57. The summed E-state index contributed by atoms with van der Waals surface area (Å²) in [6.07, 6.45) is 0. The highest BCUT2D eigenvalue weighted by Gasteiger charge is 2.00. The molecule has 0 atom stereocenters. The number of rotatable bonds is 8. The van der Waals surface area contributed by atoms with Gasteiger partial charge in [-0.15, -0.1) is 48.8 Å². The molecule has 0 unspecified atom stereocenters. The lowest BCUT2D eigenvalue weighted by atomic mass is 10.4. The van der Waals surface area contributed by atoms with Gasteiger partial charge in [0, 0.05) is 31.1 Å². The Morgan fingerprint density at radius 1 is 0.714 bits per heavy atom. The van der Waals surface area contributed by atoms with Gasteiger partial charge in [0.2, 0.25) is 0 Å². The van der Waals surface area contributed by atoms with Gasteiger partial charge in [-0.05, 0) is 24.3 Å². The molecule has 21 heavy (non-hydrogen) atoms.